The number of nitrogens with zero attached hydrogens (tertiary/aromatic N) is 3. The van der Waals surface area contributed by atoms with Gasteiger partial charge in [-0.05, 0) is 12.1 Å². The summed E-state index contributed by atoms with van der Waals surface area (Å²) >= 11 is 11.8. The third-order valence-electron chi connectivity index (χ3n) is 2.42. The van der Waals surface area contributed by atoms with Crippen molar-refractivity contribution in [3.63, 3.8) is 0 Å². The van der Waals surface area contributed by atoms with E-state index in [4.69, 9.17) is 23.2 Å². The van der Waals surface area contributed by atoms with Crippen LogP contribution >= 0.6 is 23.2 Å². The van der Waals surface area contributed by atoms with Crippen LogP contribution in [-0.2, 0) is 16.6 Å². The minimum absolute atomic E-state index is 0.0455. The maximum absolute atomic E-state index is 12.4. The van der Waals surface area contributed by atoms with E-state index in [1.807, 2.05) is 0 Å². The first-order valence-corrected chi connectivity index (χ1v) is 7.37. The van der Waals surface area contributed by atoms with Crippen LogP contribution in [0.25, 0.3) is 0 Å². The Hall–Kier alpha value is -1.15. The largest absolute Gasteiger partial charge is 0.262 e. The van der Waals surface area contributed by atoms with Crippen LogP contribution in [0.3, 0.4) is 0 Å². The monoisotopic (exact) mass is 320 g/mol. The Bertz CT molecular complexity index is 653. The van der Waals surface area contributed by atoms with E-state index >= 15 is 0 Å². The molecule has 0 radical (unpaired) electrons. The zero-order chi connectivity index (χ0) is 14.0. The van der Waals surface area contributed by atoms with Crippen LogP contribution in [0, 0.1) is 0 Å². The molecule has 6 nitrogen and oxygen atoms in total. The molecule has 1 aromatic carbocycles. The van der Waals surface area contributed by atoms with E-state index in [-0.39, 0.29) is 21.5 Å². The van der Waals surface area contributed by atoms with Crippen LogP contribution in [0.5, 0.6) is 0 Å². The summed E-state index contributed by atoms with van der Waals surface area (Å²) < 4.78 is 25.9. The fraction of sp³-hybridized carbons (Fsp3) is 0.200. The summed E-state index contributed by atoms with van der Waals surface area (Å²) in [6.07, 6.45) is 1.30. The molecule has 0 saturated heterocycles. The van der Waals surface area contributed by atoms with Crippen molar-refractivity contribution in [2.24, 2.45) is 0 Å². The van der Waals surface area contributed by atoms with Crippen LogP contribution in [-0.4, -0.2) is 35.0 Å². The molecule has 2 aromatic rings. The molecule has 1 N–H and O–H groups in total. The number of hydrogen-bond acceptors (Lipinski definition) is 4. The van der Waals surface area contributed by atoms with Crippen LogP contribution in [0.2, 0.25) is 10.0 Å². The summed E-state index contributed by atoms with van der Waals surface area (Å²) in [6.45, 7) is 0.0455. The van der Waals surface area contributed by atoms with E-state index in [0.29, 0.717) is 5.82 Å². The van der Waals surface area contributed by atoms with Gasteiger partial charge in [0.05, 0.1) is 16.6 Å². The van der Waals surface area contributed by atoms with Gasteiger partial charge >= 0.3 is 0 Å². The van der Waals surface area contributed by atoms with Crippen molar-refractivity contribution in [3.05, 3.63) is 40.4 Å². The van der Waals surface area contributed by atoms with Gasteiger partial charge in [0.15, 0.2) is 0 Å². The lowest BCUT2D eigenvalue weighted by atomic mass is 10.4. The van der Waals surface area contributed by atoms with Crippen molar-refractivity contribution in [2.45, 2.75) is 11.4 Å². The number of rotatable bonds is 4. The lowest BCUT2D eigenvalue weighted by Gasteiger charge is -2.17. The number of sulfonamides is 1. The Morgan fingerprint density at radius 2 is 1.95 bits per heavy atom. The summed E-state index contributed by atoms with van der Waals surface area (Å²) in [5, 5.41) is 6.40. The van der Waals surface area contributed by atoms with E-state index in [2.05, 4.69) is 15.2 Å². The molecule has 0 unspecified atom stereocenters. The Morgan fingerprint density at radius 3 is 2.47 bits per heavy atom. The van der Waals surface area contributed by atoms with Gasteiger partial charge < -0.3 is 0 Å². The van der Waals surface area contributed by atoms with E-state index in [9.17, 15) is 8.42 Å². The molecule has 0 spiro atoms. The fourth-order valence-corrected chi connectivity index (χ4v) is 3.70. The Labute approximate surface area is 120 Å². The standard InChI is InChI=1S/C10H10Cl2N4O2S/c1-16(5-9-13-6-14-15-9)19(17,18)10-7(11)3-2-4-8(10)12/h2-4,6H,5H2,1H3,(H,13,14,15). The second-order valence-corrected chi connectivity index (χ2v) is 6.54. The minimum atomic E-state index is -3.79. The normalized spacial score (nSPS) is 12.0. The van der Waals surface area contributed by atoms with E-state index < -0.39 is 10.0 Å². The Balaban J connectivity index is 2.37. The summed E-state index contributed by atoms with van der Waals surface area (Å²) in [4.78, 5) is 3.76. The lowest BCUT2D eigenvalue weighted by Crippen LogP contribution is -2.27. The molecule has 19 heavy (non-hydrogen) atoms. The lowest BCUT2D eigenvalue weighted by molar-refractivity contribution is 0.457. The molecule has 1 aromatic heterocycles. The molecule has 0 atom stereocenters. The summed E-state index contributed by atoms with van der Waals surface area (Å²) in [7, 11) is -2.38. The van der Waals surface area contributed by atoms with Crippen LogP contribution in [0.15, 0.2) is 29.4 Å². The molecule has 102 valence electrons. The van der Waals surface area contributed by atoms with E-state index in [1.165, 1.54) is 25.5 Å². The van der Waals surface area contributed by atoms with Gasteiger partial charge in [0.25, 0.3) is 0 Å². The molecule has 2 rings (SSSR count). The van der Waals surface area contributed by atoms with Crippen molar-refractivity contribution in [1.29, 1.82) is 0 Å². The second kappa shape index (κ2) is 5.46. The van der Waals surface area contributed by atoms with Gasteiger partial charge in [0.2, 0.25) is 10.0 Å². The van der Waals surface area contributed by atoms with E-state index in [1.54, 1.807) is 6.07 Å². The molecular weight excluding hydrogens is 311 g/mol. The Morgan fingerprint density at radius 1 is 1.32 bits per heavy atom. The second-order valence-electron chi connectivity index (χ2n) is 3.74. The SMILES string of the molecule is CN(Cc1ncn[nH]1)S(=O)(=O)c1c(Cl)cccc1Cl. The molecule has 0 saturated carbocycles. The summed E-state index contributed by atoms with van der Waals surface area (Å²) in [6, 6.07) is 4.53. The Kier molecular flexibility index (Phi) is 4.10. The van der Waals surface area contributed by atoms with Crippen molar-refractivity contribution in [2.75, 3.05) is 7.05 Å². The number of aromatic nitrogens is 3. The molecule has 9 heteroatoms. The number of aromatic amines is 1. The molecule has 0 aliphatic heterocycles. The number of nitrogens with one attached hydrogen (secondary N) is 1. The first-order chi connectivity index (χ1) is 8.93. The molecule has 0 bridgehead atoms. The number of hydrogen-bond donors (Lipinski definition) is 1. The van der Waals surface area contributed by atoms with Crippen molar-refractivity contribution in [1.82, 2.24) is 19.5 Å². The van der Waals surface area contributed by atoms with Crippen molar-refractivity contribution in [3.8, 4) is 0 Å². The van der Waals surface area contributed by atoms with Crippen molar-refractivity contribution < 1.29 is 8.42 Å². The van der Waals surface area contributed by atoms with Gasteiger partial charge in [-0.15, -0.1) is 0 Å². The maximum Gasteiger partial charge on any atom is 0.246 e. The first-order valence-electron chi connectivity index (χ1n) is 5.17. The van der Waals surface area contributed by atoms with Gasteiger partial charge in [0.1, 0.15) is 17.0 Å². The highest BCUT2D eigenvalue weighted by Crippen LogP contribution is 2.31. The molecule has 0 aliphatic rings. The summed E-state index contributed by atoms with van der Waals surface area (Å²) in [5.41, 5.74) is 0. The van der Waals surface area contributed by atoms with Crippen LogP contribution < -0.4 is 0 Å². The van der Waals surface area contributed by atoms with Gasteiger partial charge in [-0.25, -0.2) is 13.4 Å². The molecule has 0 fully saturated rings. The van der Waals surface area contributed by atoms with Crippen LogP contribution in [0.4, 0.5) is 0 Å². The topological polar surface area (TPSA) is 79.0 Å². The third-order valence-corrected chi connectivity index (χ3v) is 5.18. The number of benzene rings is 1. The van der Waals surface area contributed by atoms with Crippen molar-refractivity contribution >= 4 is 33.2 Å². The van der Waals surface area contributed by atoms with Gasteiger partial charge in [-0.2, -0.15) is 9.40 Å². The van der Waals surface area contributed by atoms with Gasteiger partial charge in [-0.3, -0.25) is 5.10 Å². The zero-order valence-corrected chi connectivity index (χ0v) is 12.2. The highest BCUT2D eigenvalue weighted by molar-refractivity contribution is 7.89. The average Bonchev–Trinajstić information content (AvgIpc) is 2.81. The summed E-state index contributed by atoms with van der Waals surface area (Å²) in [5.74, 6) is 0.425. The highest BCUT2D eigenvalue weighted by atomic mass is 35.5. The number of H-pyrrole nitrogens is 1. The smallest absolute Gasteiger partial charge is 0.246 e. The molecule has 1 heterocycles. The zero-order valence-electron chi connectivity index (χ0n) is 9.84. The fourth-order valence-electron chi connectivity index (χ4n) is 1.49. The predicted molar refractivity (Wildman–Crippen MR) is 71.5 cm³/mol. The predicted octanol–water partition coefficient (Wildman–Crippen LogP) is 1.93. The van der Waals surface area contributed by atoms with E-state index in [0.717, 1.165) is 4.31 Å². The molecular formula is C10H10Cl2N4O2S. The van der Waals surface area contributed by atoms with Gasteiger partial charge in [-0.1, -0.05) is 29.3 Å². The minimum Gasteiger partial charge on any atom is -0.262 e. The third kappa shape index (κ3) is 2.89. The molecule has 0 aliphatic carbocycles. The van der Waals surface area contributed by atoms with Gasteiger partial charge in [0, 0.05) is 7.05 Å². The quantitative estimate of drug-likeness (QED) is 0.933. The van der Waals surface area contributed by atoms with Crippen LogP contribution in [0.1, 0.15) is 5.82 Å². The molecule has 0 amide bonds. The average molecular weight is 321 g/mol. The number of halogens is 2. The maximum atomic E-state index is 12.4. The highest BCUT2D eigenvalue weighted by Gasteiger charge is 2.26. The first kappa shape index (κ1) is 14.3.